The van der Waals surface area contributed by atoms with Gasteiger partial charge in [0, 0.05) is 37.8 Å². The van der Waals surface area contributed by atoms with Crippen molar-refractivity contribution in [3.05, 3.63) is 96.3 Å². The van der Waals surface area contributed by atoms with Crippen LogP contribution in [-0.4, -0.2) is 109 Å². The number of imidazole rings is 1. The van der Waals surface area contributed by atoms with Gasteiger partial charge in [-0.25, -0.2) is 9.78 Å². The summed E-state index contributed by atoms with van der Waals surface area (Å²) in [6, 6.07) is 16.7. The molecule has 2 amide bonds. The quantitative estimate of drug-likeness (QED) is 0.100. The van der Waals surface area contributed by atoms with Crippen molar-refractivity contribution in [1.29, 1.82) is 0 Å². The summed E-state index contributed by atoms with van der Waals surface area (Å²) in [5.74, 6) is 0.902. The number of hydrogen-bond acceptors (Lipinski definition) is 15. The molecule has 8 rings (SSSR count). The van der Waals surface area contributed by atoms with Gasteiger partial charge in [-0.2, -0.15) is 14.8 Å². The fourth-order valence-corrected chi connectivity index (χ4v) is 6.85. The van der Waals surface area contributed by atoms with Crippen molar-refractivity contribution in [2.75, 3.05) is 35.2 Å². The molecule has 6 aromatic rings. The summed E-state index contributed by atoms with van der Waals surface area (Å²) in [6.45, 7) is 3.58. The van der Waals surface area contributed by atoms with Gasteiger partial charge in [0.15, 0.2) is 29.3 Å². The number of aromatic hydroxyl groups is 2. The lowest BCUT2D eigenvalue weighted by molar-refractivity contribution is -0.0384. The summed E-state index contributed by atoms with van der Waals surface area (Å²) in [5.41, 5.74) is 3.08. The zero-order valence-corrected chi connectivity index (χ0v) is 29.6. The van der Waals surface area contributed by atoms with Crippen LogP contribution in [-0.2, 0) is 11.3 Å². The number of phenols is 2. The number of pyridine rings is 1. The van der Waals surface area contributed by atoms with Crippen molar-refractivity contribution in [3.8, 4) is 11.5 Å². The maximum Gasteiger partial charge on any atom is 0.319 e. The zero-order valence-electron chi connectivity index (χ0n) is 29.6. The molecule has 2 saturated heterocycles. The number of aromatic nitrogens is 9. The van der Waals surface area contributed by atoms with Gasteiger partial charge >= 0.3 is 6.03 Å². The van der Waals surface area contributed by atoms with Crippen LogP contribution in [0.2, 0.25) is 0 Å². The second kappa shape index (κ2) is 15.1. The topological polar surface area (TPSA) is 247 Å². The van der Waals surface area contributed by atoms with Crippen LogP contribution in [0.25, 0.3) is 11.2 Å². The Bertz CT molecular complexity index is 2210. The highest BCUT2D eigenvalue weighted by atomic mass is 16.6. The molecule has 0 aliphatic carbocycles. The number of benzene rings is 2. The Hall–Kier alpha value is -6.44. The van der Waals surface area contributed by atoms with Gasteiger partial charge in [-0.1, -0.05) is 24.3 Å². The van der Waals surface area contributed by atoms with E-state index in [1.165, 1.54) is 11.1 Å². The predicted octanol–water partition coefficient (Wildman–Crippen LogP) is 2.28. The first-order valence-electron chi connectivity index (χ1n) is 17.8. The van der Waals surface area contributed by atoms with Gasteiger partial charge in [-0.3, -0.25) is 9.55 Å². The van der Waals surface area contributed by atoms with Crippen LogP contribution in [0.1, 0.15) is 48.5 Å². The number of tetrazole rings is 1. The van der Waals surface area contributed by atoms with Crippen LogP contribution in [0.15, 0.2) is 79.4 Å². The first kappa shape index (κ1) is 35.6. The third-order valence-electron chi connectivity index (χ3n) is 9.72. The second-order valence-electron chi connectivity index (χ2n) is 13.3. The molecule has 5 atom stereocenters. The number of carbonyl (C=O) groups excluding carboxylic acids is 1. The van der Waals surface area contributed by atoms with Crippen LogP contribution in [0.3, 0.4) is 0 Å². The van der Waals surface area contributed by atoms with E-state index in [4.69, 9.17) is 14.7 Å². The number of ether oxygens (including phenoxy) is 1. The lowest BCUT2D eigenvalue weighted by atomic mass is 9.91. The Kier molecular flexibility index (Phi) is 9.79. The minimum atomic E-state index is -1.39. The van der Waals surface area contributed by atoms with Gasteiger partial charge in [-0.05, 0) is 66.1 Å². The third kappa shape index (κ3) is 7.39. The predicted molar refractivity (Wildman–Crippen MR) is 197 cm³/mol. The largest absolute Gasteiger partial charge is 0.508 e. The molecule has 0 saturated carbocycles. The lowest BCUT2D eigenvalue weighted by Crippen LogP contribution is -2.40. The molecule has 6 heterocycles. The summed E-state index contributed by atoms with van der Waals surface area (Å²) < 4.78 is 7.73. The second-order valence-corrected chi connectivity index (χ2v) is 13.3. The van der Waals surface area contributed by atoms with Crippen LogP contribution < -0.4 is 20.9 Å². The Morgan fingerprint density at radius 3 is 2.42 bits per heavy atom. The number of carbonyl (C=O) groups is 1. The maximum absolute atomic E-state index is 12.8. The summed E-state index contributed by atoms with van der Waals surface area (Å²) in [5, 5.41) is 63.8. The van der Waals surface area contributed by atoms with E-state index in [-0.39, 0.29) is 35.3 Å². The van der Waals surface area contributed by atoms with Gasteiger partial charge in [-0.15, -0.1) is 10.2 Å². The van der Waals surface area contributed by atoms with Gasteiger partial charge < -0.3 is 46.0 Å². The van der Waals surface area contributed by atoms with Crippen molar-refractivity contribution in [2.24, 2.45) is 0 Å². The van der Waals surface area contributed by atoms with Crippen molar-refractivity contribution in [2.45, 2.75) is 56.4 Å². The molecular weight excluding hydrogens is 710 g/mol. The first-order chi connectivity index (χ1) is 26.7. The minimum absolute atomic E-state index is 0.135. The molecule has 0 spiro atoms. The molecule has 2 fully saturated rings. The lowest BCUT2D eigenvalue weighted by Gasteiger charge is -2.22. The zero-order chi connectivity index (χ0) is 38.1. The maximum atomic E-state index is 12.8. The highest BCUT2D eigenvalue weighted by Gasteiger charge is 2.47. The number of nitrogens with one attached hydrogen (secondary N) is 3. The van der Waals surface area contributed by atoms with Gasteiger partial charge in [0.05, 0.1) is 24.8 Å². The van der Waals surface area contributed by atoms with Gasteiger partial charge in [0.1, 0.15) is 23.7 Å². The van der Waals surface area contributed by atoms with Crippen LogP contribution >= 0.6 is 0 Å². The molecule has 2 aromatic carbocycles. The normalized spacial score (nSPS) is 21.0. The van der Waals surface area contributed by atoms with E-state index in [2.05, 4.69) is 41.3 Å². The van der Waals surface area contributed by atoms with Crippen molar-refractivity contribution in [3.63, 3.8) is 0 Å². The number of aryl methyl sites for hydroxylation is 1. The minimum Gasteiger partial charge on any atom is -0.508 e. The van der Waals surface area contributed by atoms with E-state index < -0.39 is 24.5 Å². The number of fused-ring (bicyclic) bond motifs is 1. The molecule has 284 valence electrons. The monoisotopic (exact) mass is 749 g/mol. The van der Waals surface area contributed by atoms with Crippen LogP contribution in [0.5, 0.6) is 11.5 Å². The number of nitrogens with zero attached hydrogens (tertiary/aromatic N) is 10. The number of hydrogen-bond donors (Lipinski definition) is 7. The molecule has 2 aliphatic heterocycles. The molecule has 55 heavy (non-hydrogen) atoms. The Morgan fingerprint density at radius 2 is 1.75 bits per heavy atom. The van der Waals surface area contributed by atoms with Gasteiger partial charge in [0.2, 0.25) is 11.8 Å². The standard InChI is InChI=1S/C36H39N13O6/c1-2-49-45-32(44-46-49)30-28(52)29(53)34(55-30)48-19-39-27-31(38-17-26(20-5-9-24(50)10-6-20)21-7-11-25(51)12-8-21)42-35(43-33(27)48)47-15-13-23(18-47)41-36(54)40-22-4-3-14-37-16-22/h3-12,14,16,19,23,26,28-30,34,50-53H,2,13,15,17-18H2,1H3,(H,38,42,43)(H2,40,41,54)/t23-,28+,29+,30+,34-/m1/s1. The summed E-state index contributed by atoms with van der Waals surface area (Å²) in [7, 11) is 0. The Labute approximate surface area is 313 Å². The number of aliphatic hydroxyl groups is 2. The molecular formula is C36H39N13O6. The van der Waals surface area contributed by atoms with E-state index in [1.807, 2.05) is 36.1 Å². The molecule has 2 aliphatic rings. The van der Waals surface area contributed by atoms with Crippen LogP contribution in [0, 0.1) is 0 Å². The van der Waals surface area contributed by atoms with Crippen LogP contribution in [0.4, 0.5) is 22.2 Å². The fraction of sp³-hybridized carbons (Fsp3) is 0.333. The van der Waals surface area contributed by atoms with E-state index in [1.54, 1.807) is 53.4 Å². The number of aliphatic hydroxyl groups excluding tert-OH is 2. The molecule has 7 N–H and O–H groups in total. The van der Waals surface area contributed by atoms with E-state index >= 15 is 0 Å². The Morgan fingerprint density at radius 1 is 1.00 bits per heavy atom. The van der Waals surface area contributed by atoms with Crippen molar-refractivity contribution < 1.29 is 30.0 Å². The highest BCUT2D eigenvalue weighted by Crippen LogP contribution is 2.39. The van der Waals surface area contributed by atoms with E-state index in [0.717, 1.165) is 11.1 Å². The number of rotatable bonds is 11. The molecule has 0 unspecified atom stereocenters. The summed E-state index contributed by atoms with van der Waals surface area (Å²) in [4.78, 5) is 34.6. The average Bonchev–Trinajstić information content (AvgIpc) is 4.01. The summed E-state index contributed by atoms with van der Waals surface area (Å²) >= 11 is 0. The fourth-order valence-electron chi connectivity index (χ4n) is 6.85. The van der Waals surface area contributed by atoms with E-state index in [9.17, 15) is 25.2 Å². The molecule has 4 aromatic heterocycles. The molecule has 0 bridgehead atoms. The van der Waals surface area contributed by atoms with Gasteiger partial charge in [0.25, 0.3) is 0 Å². The average molecular weight is 750 g/mol. The third-order valence-corrected chi connectivity index (χ3v) is 9.72. The van der Waals surface area contributed by atoms with E-state index in [0.29, 0.717) is 61.2 Å². The molecule has 19 heteroatoms. The van der Waals surface area contributed by atoms with Crippen molar-refractivity contribution >= 4 is 34.6 Å². The molecule has 19 nitrogen and oxygen atoms in total. The smallest absolute Gasteiger partial charge is 0.319 e. The molecule has 0 radical (unpaired) electrons. The first-order valence-corrected chi connectivity index (χ1v) is 17.8. The summed E-state index contributed by atoms with van der Waals surface area (Å²) in [6.07, 6.45) is 0.359. The number of phenolic OH excluding ortho intramolecular Hbond substituents is 2. The Balaban J connectivity index is 1.11. The number of anilines is 3. The highest BCUT2D eigenvalue weighted by molar-refractivity contribution is 5.89. The van der Waals surface area contributed by atoms with Crippen molar-refractivity contribution in [1.82, 2.24) is 50.0 Å². The SMILES string of the molecule is CCn1nnc([C@H]2O[C@@H](n3cnc4c(NCC(c5ccc(O)cc5)c5ccc(O)cc5)nc(N5CC[C@@H](NC(=O)Nc6cccnc6)C5)nc43)[C@@H](O)[C@@H]2O)n1. The number of urea groups is 1. The number of amides is 2.